The third-order valence-electron chi connectivity index (χ3n) is 3.97. The molecule has 0 radical (unpaired) electrons. The summed E-state index contributed by atoms with van der Waals surface area (Å²) in [5, 5.41) is 9.91. The maximum Gasteiger partial charge on any atom is 0.138 e. The Morgan fingerprint density at radius 3 is 2.75 bits per heavy atom. The number of aromatic nitrogens is 1. The van der Waals surface area contributed by atoms with Crippen LogP contribution in [0.3, 0.4) is 0 Å². The van der Waals surface area contributed by atoms with E-state index in [9.17, 15) is 5.11 Å². The molecule has 1 aromatic rings. The second-order valence-corrected chi connectivity index (χ2v) is 4.49. The third-order valence-corrected chi connectivity index (χ3v) is 3.97. The van der Waals surface area contributed by atoms with Crippen LogP contribution in [-0.4, -0.2) is 22.3 Å². The topological polar surface area (TPSA) is 42.4 Å². The predicted octanol–water partition coefficient (Wildman–Crippen LogP) is 2.40. The van der Waals surface area contributed by atoms with E-state index >= 15 is 0 Å². The van der Waals surface area contributed by atoms with Crippen LogP contribution in [0.4, 0.5) is 0 Å². The molecule has 0 aliphatic heterocycles. The lowest BCUT2D eigenvalue weighted by atomic mass is 9.60. The molecule has 1 fully saturated rings. The number of aliphatic hydroxyl groups excluding tert-OH is 1. The average molecular weight is 221 g/mol. The lowest BCUT2D eigenvalue weighted by Gasteiger charge is -2.52. The molecule has 16 heavy (non-hydrogen) atoms. The molecular formula is C13H19NO2. The van der Waals surface area contributed by atoms with Gasteiger partial charge in [-0.3, -0.25) is 4.98 Å². The normalized spacial score (nSPS) is 27.2. The van der Waals surface area contributed by atoms with E-state index in [-0.39, 0.29) is 17.6 Å². The molecule has 0 amide bonds. The van der Waals surface area contributed by atoms with E-state index in [1.54, 1.807) is 12.4 Å². The summed E-state index contributed by atoms with van der Waals surface area (Å²) in [6.07, 6.45) is 6.00. The van der Waals surface area contributed by atoms with Gasteiger partial charge in [-0.05, 0) is 25.0 Å². The SMILES string of the molecule is CCC1(CC)C(O)CC1Oc1cccnc1. The first kappa shape index (κ1) is 11.4. The van der Waals surface area contributed by atoms with Gasteiger partial charge < -0.3 is 9.84 Å². The van der Waals surface area contributed by atoms with Gasteiger partial charge in [0.15, 0.2) is 0 Å². The average Bonchev–Trinajstić information content (AvgIpc) is 2.32. The fraction of sp³-hybridized carbons (Fsp3) is 0.615. The molecule has 88 valence electrons. The van der Waals surface area contributed by atoms with Crippen LogP contribution in [0.15, 0.2) is 24.5 Å². The van der Waals surface area contributed by atoms with Crippen molar-refractivity contribution in [1.29, 1.82) is 0 Å². The first-order valence-electron chi connectivity index (χ1n) is 5.97. The Morgan fingerprint density at radius 2 is 2.25 bits per heavy atom. The van der Waals surface area contributed by atoms with Crippen LogP contribution in [-0.2, 0) is 0 Å². The highest BCUT2D eigenvalue weighted by Gasteiger charge is 2.53. The summed E-state index contributed by atoms with van der Waals surface area (Å²) in [6.45, 7) is 4.23. The molecule has 0 bridgehead atoms. The zero-order valence-corrected chi connectivity index (χ0v) is 9.89. The maximum absolute atomic E-state index is 9.91. The number of hydrogen-bond acceptors (Lipinski definition) is 3. The Morgan fingerprint density at radius 1 is 1.50 bits per heavy atom. The van der Waals surface area contributed by atoms with E-state index in [1.165, 1.54) is 0 Å². The molecule has 1 saturated carbocycles. The van der Waals surface area contributed by atoms with Crippen molar-refractivity contribution < 1.29 is 9.84 Å². The molecule has 2 atom stereocenters. The molecule has 1 aliphatic rings. The first-order valence-corrected chi connectivity index (χ1v) is 5.97. The summed E-state index contributed by atoms with van der Waals surface area (Å²) in [4.78, 5) is 4.03. The van der Waals surface area contributed by atoms with Crippen molar-refractivity contribution in [1.82, 2.24) is 4.98 Å². The second kappa shape index (κ2) is 4.42. The Kier molecular flexibility index (Phi) is 3.15. The minimum absolute atomic E-state index is 0.0597. The molecule has 3 heteroatoms. The Hall–Kier alpha value is -1.09. The monoisotopic (exact) mass is 221 g/mol. The van der Waals surface area contributed by atoms with Crippen molar-refractivity contribution in [3.8, 4) is 5.75 Å². The number of rotatable bonds is 4. The Balaban J connectivity index is 2.07. The van der Waals surface area contributed by atoms with Gasteiger partial charge in [-0.1, -0.05) is 13.8 Å². The summed E-state index contributed by atoms with van der Waals surface area (Å²) in [5.41, 5.74) is -0.0597. The smallest absolute Gasteiger partial charge is 0.138 e. The third kappa shape index (κ3) is 1.69. The predicted molar refractivity (Wildman–Crippen MR) is 62.3 cm³/mol. The molecule has 1 aromatic heterocycles. The molecular weight excluding hydrogens is 202 g/mol. The van der Waals surface area contributed by atoms with E-state index in [2.05, 4.69) is 18.8 Å². The number of ether oxygens (including phenoxy) is 1. The summed E-state index contributed by atoms with van der Waals surface area (Å²) in [5.74, 6) is 0.797. The fourth-order valence-corrected chi connectivity index (χ4v) is 2.65. The highest BCUT2D eigenvalue weighted by Crippen LogP contribution is 2.48. The fourth-order valence-electron chi connectivity index (χ4n) is 2.65. The van der Waals surface area contributed by atoms with Crippen molar-refractivity contribution in [3.05, 3.63) is 24.5 Å². The van der Waals surface area contributed by atoms with Gasteiger partial charge >= 0.3 is 0 Å². The zero-order valence-electron chi connectivity index (χ0n) is 9.89. The summed E-state index contributed by atoms with van der Waals surface area (Å²) in [7, 11) is 0. The first-order chi connectivity index (χ1) is 7.73. The van der Waals surface area contributed by atoms with Crippen LogP contribution in [0.1, 0.15) is 33.1 Å². The van der Waals surface area contributed by atoms with Crippen molar-refractivity contribution in [2.24, 2.45) is 5.41 Å². The summed E-state index contributed by atoms with van der Waals surface area (Å²) < 4.78 is 5.90. The van der Waals surface area contributed by atoms with E-state index in [0.717, 1.165) is 25.0 Å². The molecule has 2 unspecified atom stereocenters. The number of nitrogens with zero attached hydrogens (tertiary/aromatic N) is 1. The van der Waals surface area contributed by atoms with Gasteiger partial charge in [0.25, 0.3) is 0 Å². The molecule has 1 aliphatic carbocycles. The zero-order chi connectivity index (χ0) is 11.6. The highest BCUT2D eigenvalue weighted by atomic mass is 16.5. The maximum atomic E-state index is 9.91. The Bertz CT molecular complexity index is 335. The highest BCUT2D eigenvalue weighted by molar-refractivity contribution is 5.18. The van der Waals surface area contributed by atoms with Crippen LogP contribution in [0.25, 0.3) is 0 Å². The van der Waals surface area contributed by atoms with E-state index in [4.69, 9.17) is 4.74 Å². The van der Waals surface area contributed by atoms with Crippen LogP contribution < -0.4 is 4.74 Å². The van der Waals surface area contributed by atoms with E-state index < -0.39 is 0 Å². The summed E-state index contributed by atoms with van der Waals surface area (Å²) >= 11 is 0. The van der Waals surface area contributed by atoms with Crippen LogP contribution in [0, 0.1) is 5.41 Å². The molecule has 0 saturated heterocycles. The Labute approximate surface area is 96.5 Å². The van der Waals surface area contributed by atoms with Crippen LogP contribution in [0.2, 0.25) is 0 Å². The summed E-state index contributed by atoms with van der Waals surface area (Å²) in [6, 6.07) is 3.78. The van der Waals surface area contributed by atoms with Crippen molar-refractivity contribution in [2.45, 2.75) is 45.3 Å². The lowest BCUT2D eigenvalue weighted by molar-refractivity contribution is -0.159. The van der Waals surface area contributed by atoms with Crippen LogP contribution >= 0.6 is 0 Å². The van der Waals surface area contributed by atoms with Gasteiger partial charge in [-0.15, -0.1) is 0 Å². The molecule has 0 spiro atoms. The van der Waals surface area contributed by atoms with Gasteiger partial charge in [0.05, 0.1) is 12.3 Å². The molecule has 1 heterocycles. The van der Waals surface area contributed by atoms with Gasteiger partial charge in [0.2, 0.25) is 0 Å². The molecule has 2 rings (SSSR count). The number of hydrogen-bond donors (Lipinski definition) is 1. The number of pyridine rings is 1. The second-order valence-electron chi connectivity index (χ2n) is 4.49. The van der Waals surface area contributed by atoms with Gasteiger partial charge in [-0.25, -0.2) is 0 Å². The lowest BCUT2D eigenvalue weighted by Crippen LogP contribution is -2.59. The van der Waals surface area contributed by atoms with Gasteiger partial charge in [0.1, 0.15) is 11.9 Å². The van der Waals surface area contributed by atoms with E-state index in [1.807, 2.05) is 12.1 Å². The minimum Gasteiger partial charge on any atom is -0.488 e. The number of aliphatic hydroxyl groups is 1. The molecule has 3 nitrogen and oxygen atoms in total. The van der Waals surface area contributed by atoms with E-state index in [0.29, 0.717) is 0 Å². The van der Waals surface area contributed by atoms with Crippen molar-refractivity contribution in [2.75, 3.05) is 0 Å². The quantitative estimate of drug-likeness (QED) is 0.849. The largest absolute Gasteiger partial charge is 0.488 e. The van der Waals surface area contributed by atoms with Crippen LogP contribution in [0.5, 0.6) is 5.75 Å². The standard InChI is InChI=1S/C13H19NO2/c1-3-13(4-2)11(15)8-12(13)16-10-6-5-7-14-9-10/h5-7,9,11-12,15H,3-4,8H2,1-2H3. The van der Waals surface area contributed by atoms with Crippen molar-refractivity contribution in [3.63, 3.8) is 0 Å². The molecule has 0 aromatic carbocycles. The minimum atomic E-state index is -0.218. The van der Waals surface area contributed by atoms with Crippen molar-refractivity contribution >= 4 is 0 Å². The van der Waals surface area contributed by atoms with Gasteiger partial charge in [-0.2, -0.15) is 0 Å². The van der Waals surface area contributed by atoms with Gasteiger partial charge in [0, 0.05) is 18.0 Å². The molecule has 1 N–H and O–H groups in total.